The normalized spacial score (nSPS) is 20.6. The van der Waals surface area contributed by atoms with Crippen LogP contribution in [0.1, 0.15) is 30.4 Å². The molecule has 1 fully saturated rings. The SMILES string of the molecule is CCc1ccccc1C1CC(=O)N(C)C1=O. The molecule has 1 saturated heterocycles. The van der Waals surface area contributed by atoms with Crippen LogP contribution in [0.4, 0.5) is 0 Å². The van der Waals surface area contributed by atoms with Crippen molar-refractivity contribution in [1.82, 2.24) is 4.90 Å². The highest BCUT2D eigenvalue weighted by atomic mass is 16.2. The number of likely N-dealkylation sites (N-methyl/N-ethyl adjacent to an activating group) is 1. The van der Waals surface area contributed by atoms with Gasteiger partial charge in [0.1, 0.15) is 0 Å². The highest BCUT2D eigenvalue weighted by molar-refractivity contribution is 6.06. The van der Waals surface area contributed by atoms with Crippen LogP contribution in [0.2, 0.25) is 0 Å². The Kier molecular flexibility index (Phi) is 2.77. The molecule has 0 aliphatic carbocycles. The van der Waals surface area contributed by atoms with Crippen molar-refractivity contribution in [2.24, 2.45) is 0 Å². The van der Waals surface area contributed by atoms with E-state index in [0.29, 0.717) is 6.42 Å². The molecule has 1 aliphatic heterocycles. The van der Waals surface area contributed by atoms with E-state index in [9.17, 15) is 9.59 Å². The van der Waals surface area contributed by atoms with Crippen LogP contribution in [0, 0.1) is 0 Å². The molecule has 84 valence electrons. The van der Waals surface area contributed by atoms with E-state index in [1.54, 1.807) is 7.05 Å². The van der Waals surface area contributed by atoms with Crippen LogP contribution < -0.4 is 0 Å². The quantitative estimate of drug-likeness (QED) is 0.707. The van der Waals surface area contributed by atoms with Crippen molar-refractivity contribution >= 4 is 11.8 Å². The Bertz CT molecular complexity index is 439. The fourth-order valence-electron chi connectivity index (χ4n) is 2.19. The smallest absolute Gasteiger partial charge is 0.236 e. The Morgan fingerprint density at radius 3 is 2.56 bits per heavy atom. The van der Waals surface area contributed by atoms with Crippen molar-refractivity contribution in [2.75, 3.05) is 7.05 Å². The van der Waals surface area contributed by atoms with E-state index in [0.717, 1.165) is 17.5 Å². The summed E-state index contributed by atoms with van der Waals surface area (Å²) < 4.78 is 0. The van der Waals surface area contributed by atoms with Gasteiger partial charge in [0, 0.05) is 13.5 Å². The van der Waals surface area contributed by atoms with Gasteiger partial charge in [-0.15, -0.1) is 0 Å². The van der Waals surface area contributed by atoms with Crippen molar-refractivity contribution in [3.63, 3.8) is 0 Å². The fourth-order valence-corrected chi connectivity index (χ4v) is 2.19. The number of hydrogen-bond donors (Lipinski definition) is 0. The minimum atomic E-state index is -0.270. The summed E-state index contributed by atoms with van der Waals surface area (Å²) in [5, 5.41) is 0. The second-order valence-electron chi connectivity index (χ2n) is 4.10. The number of likely N-dealkylation sites (tertiary alicyclic amines) is 1. The second-order valence-corrected chi connectivity index (χ2v) is 4.10. The molecule has 3 nitrogen and oxygen atoms in total. The maximum atomic E-state index is 11.9. The monoisotopic (exact) mass is 217 g/mol. The number of benzene rings is 1. The lowest BCUT2D eigenvalue weighted by atomic mass is 9.92. The third kappa shape index (κ3) is 1.62. The average molecular weight is 217 g/mol. The van der Waals surface area contributed by atoms with Crippen molar-refractivity contribution < 1.29 is 9.59 Å². The van der Waals surface area contributed by atoms with E-state index in [1.165, 1.54) is 4.90 Å². The molecule has 0 saturated carbocycles. The molecule has 0 N–H and O–H groups in total. The zero-order chi connectivity index (χ0) is 11.7. The predicted octanol–water partition coefficient (Wildman–Crippen LogP) is 1.72. The number of amides is 2. The molecule has 3 heteroatoms. The highest BCUT2D eigenvalue weighted by Gasteiger charge is 2.37. The Morgan fingerprint density at radius 2 is 2.00 bits per heavy atom. The van der Waals surface area contributed by atoms with Crippen LogP contribution in [-0.2, 0) is 16.0 Å². The largest absolute Gasteiger partial charge is 0.285 e. The first-order chi connectivity index (χ1) is 7.65. The van der Waals surface area contributed by atoms with Gasteiger partial charge in [-0.25, -0.2) is 0 Å². The van der Waals surface area contributed by atoms with E-state index in [4.69, 9.17) is 0 Å². The zero-order valence-corrected chi connectivity index (χ0v) is 9.56. The number of nitrogens with zero attached hydrogens (tertiary/aromatic N) is 1. The van der Waals surface area contributed by atoms with Crippen LogP contribution in [0.3, 0.4) is 0 Å². The summed E-state index contributed by atoms with van der Waals surface area (Å²) in [6, 6.07) is 7.86. The number of carbonyl (C=O) groups is 2. The Labute approximate surface area is 95.1 Å². The Hall–Kier alpha value is -1.64. The lowest BCUT2D eigenvalue weighted by Crippen LogP contribution is -2.25. The molecule has 2 amide bonds. The minimum absolute atomic E-state index is 0.0779. The average Bonchev–Trinajstić information content (AvgIpc) is 2.57. The summed E-state index contributed by atoms with van der Waals surface area (Å²) >= 11 is 0. The van der Waals surface area contributed by atoms with Gasteiger partial charge in [0.15, 0.2) is 0 Å². The topological polar surface area (TPSA) is 37.4 Å². The summed E-state index contributed by atoms with van der Waals surface area (Å²) in [7, 11) is 1.55. The number of rotatable bonds is 2. The van der Waals surface area contributed by atoms with Crippen LogP contribution >= 0.6 is 0 Å². The maximum Gasteiger partial charge on any atom is 0.236 e. The van der Waals surface area contributed by atoms with Crippen LogP contribution in [0.5, 0.6) is 0 Å². The van der Waals surface area contributed by atoms with E-state index < -0.39 is 0 Å². The van der Waals surface area contributed by atoms with Crippen LogP contribution in [-0.4, -0.2) is 23.8 Å². The summed E-state index contributed by atoms with van der Waals surface area (Å²) in [5.74, 6) is -0.430. The molecule has 2 rings (SSSR count). The van der Waals surface area contributed by atoms with E-state index in [1.807, 2.05) is 24.3 Å². The number of carbonyl (C=O) groups excluding carboxylic acids is 2. The van der Waals surface area contributed by atoms with Gasteiger partial charge in [0.05, 0.1) is 5.92 Å². The van der Waals surface area contributed by atoms with Gasteiger partial charge in [0.25, 0.3) is 0 Å². The number of hydrogen-bond acceptors (Lipinski definition) is 2. The van der Waals surface area contributed by atoms with Crippen molar-refractivity contribution in [3.05, 3.63) is 35.4 Å². The van der Waals surface area contributed by atoms with Crippen molar-refractivity contribution in [1.29, 1.82) is 0 Å². The van der Waals surface area contributed by atoms with Gasteiger partial charge in [-0.2, -0.15) is 0 Å². The van der Waals surface area contributed by atoms with E-state index in [2.05, 4.69) is 6.92 Å². The fraction of sp³-hybridized carbons (Fsp3) is 0.385. The van der Waals surface area contributed by atoms with Gasteiger partial charge >= 0.3 is 0 Å². The third-order valence-corrected chi connectivity index (χ3v) is 3.19. The van der Waals surface area contributed by atoms with Crippen molar-refractivity contribution in [3.8, 4) is 0 Å². The zero-order valence-electron chi connectivity index (χ0n) is 9.56. The summed E-state index contributed by atoms with van der Waals surface area (Å²) in [6.07, 6.45) is 1.20. The number of aryl methyl sites for hydroxylation is 1. The van der Waals surface area contributed by atoms with Gasteiger partial charge in [0.2, 0.25) is 11.8 Å². The lowest BCUT2D eigenvalue weighted by molar-refractivity contribution is -0.137. The molecule has 0 radical (unpaired) electrons. The first-order valence-corrected chi connectivity index (χ1v) is 5.53. The third-order valence-electron chi connectivity index (χ3n) is 3.19. The van der Waals surface area contributed by atoms with Gasteiger partial charge in [-0.3, -0.25) is 14.5 Å². The Morgan fingerprint density at radius 1 is 1.31 bits per heavy atom. The van der Waals surface area contributed by atoms with Gasteiger partial charge < -0.3 is 0 Å². The first kappa shape index (κ1) is 10.9. The molecular formula is C13H15NO2. The van der Waals surface area contributed by atoms with E-state index >= 15 is 0 Å². The molecule has 1 aromatic rings. The molecule has 1 atom stereocenters. The predicted molar refractivity (Wildman–Crippen MR) is 61.0 cm³/mol. The van der Waals surface area contributed by atoms with Gasteiger partial charge in [-0.05, 0) is 17.5 Å². The Balaban J connectivity index is 2.38. The van der Waals surface area contributed by atoms with Crippen LogP contribution in [0.25, 0.3) is 0 Å². The molecular weight excluding hydrogens is 202 g/mol. The molecule has 16 heavy (non-hydrogen) atoms. The minimum Gasteiger partial charge on any atom is -0.285 e. The molecule has 1 unspecified atom stereocenters. The van der Waals surface area contributed by atoms with Crippen LogP contribution in [0.15, 0.2) is 24.3 Å². The summed E-state index contributed by atoms with van der Waals surface area (Å²) in [4.78, 5) is 24.6. The molecule has 0 spiro atoms. The first-order valence-electron chi connectivity index (χ1n) is 5.53. The maximum absolute atomic E-state index is 11.9. The standard InChI is InChI=1S/C13H15NO2/c1-3-9-6-4-5-7-10(9)11-8-12(15)14(2)13(11)16/h4-7,11H,3,8H2,1-2H3. The molecule has 1 heterocycles. The van der Waals surface area contributed by atoms with Gasteiger partial charge in [-0.1, -0.05) is 31.2 Å². The summed E-state index contributed by atoms with van der Waals surface area (Å²) in [6.45, 7) is 2.06. The van der Waals surface area contributed by atoms with Crippen molar-refractivity contribution in [2.45, 2.75) is 25.7 Å². The lowest BCUT2D eigenvalue weighted by Gasteiger charge is -2.12. The molecule has 1 aliphatic rings. The molecule has 1 aromatic carbocycles. The number of imide groups is 1. The summed E-state index contributed by atoms with van der Waals surface area (Å²) in [5.41, 5.74) is 2.16. The molecule has 0 bridgehead atoms. The van der Waals surface area contributed by atoms with E-state index in [-0.39, 0.29) is 17.7 Å². The highest BCUT2D eigenvalue weighted by Crippen LogP contribution is 2.30. The second kappa shape index (κ2) is 4.08. The molecule has 0 aromatic heterocycles.